The number of aromatic nitrogens is 3. The van der Waals surface area contributed by atoms with Crippen molar-refractivity contribution in [2.75, 3.05) is 10.6 Å². The van der Waals surface area contributed by atoms with Crippen LogP contribution in [0.3, 0.4) is 0 Å². The molecule has 0 aliphatic rings. The molecular weight excluding hydrogens is 345 g/mol. The Kier molecular flexibility index (Phi) is 5.13. The first-order chi connectivity index (χ1) is 11.7. The van der Waals surface area contributed by atoms with E-state index in [1.165, 1.54) is 5.56 Å². The van der Waals surface area contributed by atoms with Gasteiger partial charge in [-0.2, -0.15) is 10.1 Å². The average molecular weight is 360 g/mol. The molecule has 2 N–H and O–H groups in total. The minimum absolute atomic E-state index is 0.346. The van der Waals surface area contributed by atoms with Gasteiger partial charge in [-0.3, -0.25) is 0 Å². The van der Waals surface area contributed by atoms with Crippen LogP contribution < -0.4 is 10.6 Å². The van der Waals surface area contributed by atoms with Gasteiger partial charge in [0.2, 0.25) is 5.95 Å². The topological polar surface area (TPSA) is 62.7 Å². The van der Waals surface area contributed by atoms with Crippen LogP contribution in [0.2, 0.25) is 10.0 Å². The Labute approximate surface area is 150 Å². The second-order valence-electron chi connectivity index (χ2n) is 5.05. The number of rotatable bonds is 5. The fraction of sp³-hybridized carbons (Fsp3) is 0.118. The molecule has 0 amide bonds. The molecule has 7 heteroatoms. The number of halogens is 2. The summed E-state index contributed by atoms with van der Waals surface area (Å²) < 4.78 is 0. The van der Waals surface area contributed by atoms with Crippen LogP contribution in [0.4, 0.5) is 23.1 Å². The fourth-order valence-electron chi connectivity index (χ4n) is 2.22. The number of anilines is 4. The van der Waals surface area contributed by atoms with Crippen LogP contribution in [0.5, 0.6) is 0 Å². The summed E-state index contributed by atoms with van der Waals surface area (Å²) in [7, 11) is 0. The van der Waals surface area contributed by atoms with E-state index in [1.54, 1.807) is 24.4 Å². The smallest absolute Gasteiger partial charge is 0.249 e. The third kappa shape index (κ3) is 3.93. The van der Waals surface area contributed by atoms with Crippen LogP contribution in [-0.4, -0.2) is 15.2 Å². The number of nitrogens with zero attached hydrogens (tertiary/aromatic N) is 3. The molecule has 0 aliphatic heterocycles. The molecule has 0 saturated carbocycles. The van der Waals surface area contributed by atoms with Gasteiger partial charge >= 0.3 is 0 Å². The van der Waals surface area contributed by atoms with E-state index in [-0.39, 0.29) is 0 Å². The number of hydrogen-bond acceptors (Lipinski definition) is 5. The first-order valence-electron chi connectivity index (χ1n) is 7.42. The molecule has 1 aromatic heterocycles. The summed E-state index contributed by atoms with van der Waals surface area (Å²) in [6.45, 7) is 2.11. The Bertz CT molecular complexity index is 854. The maximum Gasteiger partial charge on any atom is 0.249 e. The molecule has 0 radical (unpaired) electrons. The van der Waals surface area contributed by atoms with E-state index in [2.05, 4.69) is 38.8 Å². The molecule has 122 valence electrons. The van der Waals surface area contributed by atoms with Crippen molar-refractivity contribution in [3.63, 3.8) is 0 Å². The molecule has 0 atom stereocenters. The molecule has 5 nitrogen and oxygen atoms in total. The van der Waals surface area contributed by atoms with E-state index < -0.39 is 0 Å². The van der Waals surface area contributed by atoms with Gasteiger partial charge < -0.3 is 10.6 Å². The molecule has 3 aromatic rings. The van der Waals surface area contributed by atoms with E-state index >= 15 is 0 Å². The second kappa shape index (κ2) is 7.47. The van der Waals surface area contributed by atoms with Gasteiger partial charge in [-0.15, -0.1) is 5.10 Å². The summed E-state index contributed by atoms with van der Waals surface area (Å²) in [5.74, 6) is 0.941. The van der Waals surface area contributed by atoms with Crippen molar-refractivity contribution >= 4 is 46.3 Å². The van der Waals surface area contributed by atoms with Crippen LogP contribution in [-0.2, 0) is 6.42 Å². The van der Waals surface area contributed by atoms with Gasteiger partial charge in [0, 0.05) is 10.7 Å². The molecule has 1 heterocycles. The SMILES string of the molecule is CCc1ccccc1Nc1cnnc(Nc2ccc(Cl)cc2Cl)n1. The third-order valence-corrected chi connectivity index (χ3v) is 3.95. The number of benzene rings is 2. The average Bonchev–Trinajstić information content (AvgIpc) is 2.58. The van der Waals surface area contributed by atoms with Crippen molar-refractivity contribution in [2.24, 2.45) is 0 Å². The highest BCUT2D eigenvalue weighted by atomic mass is 35.5. The monoisotopic (exact) mass is 359 g/mol. The van der Waals surface area contributed by atoms with E-state index in [0.717, 1.165) is 12.1 Å². The molecule has 0 fully saturated rings. The molecule has 0 saturated heterocycles. The molecular formula is C17H15Cl2N5. The molecule has 0 unspecified atom stereocenters. The van der Waals surface area contributed by atoms with Gasteiger partial charge in [0.15, 0.2) is 5.82 Å². The number of nitrogens with one attached hydrogen (secondary N) is 2. The summed E-state index contributed by atoms with van der Waals surface area (Å²) in [6, 6.07) is 13.2. The Morgan fingerprint density at radius 3 is 2.62 bits per heavy atom. The quantitative estimate of drug-likeness (QED) is 0.653. The normalized spacial score (nSPS) is 10.5. The lowest BCUT2D eigenvalue weighted by molar-refractivity contribution is 0.981. The van der Waals surface area contributed by atoms with Crippen LogP contribution in [0.1, 0.15) is 12.5 Å². The molecule has 0 spiro atoms. The number of hydrogen-bond donors (Lipinski definition) is 2. The minimum atomic E-state index is 0.346. The predicted molar refractivity (Wildman–Crippen MR) is 98.7 cm³/mol. The van der Waals surface area contributed by atoms with Crippen molar-refractivity contribution in [3.05, 3.63) is 64.3 Å². The highest BCUT2D eigenvalue weighted by Crippen LogP contribution is 2.27. The number of para-hydroxylation sites is 1. The Hall–Kier alpha value is -2.37. The van der Waals surface area contributed by atoms with Crippen molar-refractivity contribution < 1.29 is 0 Å². The summed E-state index contributed by atoms with van der Waals surface area (Å²) in [6.07, 6.45) is 2.49. The zero-order valence-corrected chi connectivity index (χ0v) is 14.4. The van der Waals surface area contributed by atoms with Crippen LogP contribution in [0.25, 0.3) is 0 Å². The second-order valence-corrected chi connectivity index (χ2v) is 5.89. The van der Waals surface area contributed by atoms with E-state index in [0.29, 0.717) is 27.5 Å². The van der Waals surface area contributed by atoms with Gasteiger partial charge in [0.05, 0.1) is 16.9 Å². The fourth-order valence-corrected chi connectivity index (χ4v) is 2.67. The van der Waals surface area contributed by atoms with Crippen LogP contribution in [0, 0.1) is 0 Å². The Balaban J connectivity index is 1.81. The Morgan fingerprint density at radius 2 is 1.83 bits per heavy atom. The highest BCUT2D eigenvalue weighted by Gasteiger charge is 2.07. The summed E-state index contributed by atoms with van der Waals surface area (Å²) in [4.78, 5) is 4.41. The lowest BCUT2D eigenvalue weighted by Crippen LogP contribution is -2.03. The molecule has 0 aliphatic carbocycles. The van der Waals surface area contributed by atoms with Gasteiger partial charge in [0.1, 0.15) is 0 Å². The van der Waals surface area contributed by atoms with E-state index in [9.17, 15) is 0 Å². The molecule has 0 bridgehead atoms. The van der Waals surface area contributed by atoms with E-state index in [4.69, 9.17) is 23.2 Å². The van der Waals surface area contributed by atoms with Crippen molar-refractivity contribution in [1.29, 1.82) is 0 Å². The lowest BCUT2D eigenvalue weighted by Gasteiger charge is -2.11. The van der Waals surface area contributed by atoms with Gasteiger partial charge in [-0.1, -0.05) is 48.3 Å². The summed E-state index contributed by atoms with van der Waals surface area (Å²) >= 11 is 12.0. The molecule has 3 rings (SSSR count). The summed E-state index contributed by atoms with van der Waals surface area (Å²) in [5, 5.41) is 15.3. The minimum Gasteiger partial charge on any atom is -0.339 e. The standard InChI is InChI=1S/C17H15Cl2N5/c1-2-11-5-3-4-6-14(11)21-16-10-20-24-17(23-16)22-15-8-7-12(18)9-13(15)19/h3-10H,2H2,1H3,(H2,21,22,23,24). The van der Waals surface area contributed by atoms with E-state index in [1.807, 2.05) is 18.2 Å². The van der Waals surface area contributed by atoms with Gasteiger partial charge in [-0.25, -0.2) is 0 Å². The lowest BCUT2D eigenvalue weighted by atomic mass is 10.1. The van der Waals surface area contributed by atoms with Crippen LogP contribution >= 0.6 is 23.2 Å². The number of aryl methyl sites for hydroxylation is 1. The summed E-state index contributed by atoms with van der Waals surface area (Å²) in [5.41, 5.74) is 2.86. The first kappa shape index (κ1) is 16.5. The first-order valence-corrected chi connectivity index (χ1v) is 8.18. The van der Waals surface area contributed by atoms with Gasteiger partial charge in [-0.05, 0) is 36.2 Å². The highest BCUT2D eigenvalue weighted by molar-refractivity contribution is 6.36. The van der Waals surface area contributed by atoms with Crippen molar-refractivity contribution in [3.8, 4) is 0 Å². The maximum absolute atomic E-state index is 6.15. The molecule has 24 heavy (non-hydrogen) atoms. The van der Waals surface area contributed by atoms with Crippen molar-refractivity contribution in [2.45, 2.75) is 13.3 Å². The third-order valence-electron chi connectivity index (χ3n) is 3.40. The van der Waals surface area contributed by atoms with Gasteiger partial charge in [0.25, 0.3) is 0 Å². The molecule has 2 aromatic carbocycles. The predicted octanol–water partition coefficient (Wildman–Crippen LogP) is 5.23. The maximum atomic E-state index is 6.15. The van der Waals surface area contributed by atoms with Crippen LogP contribution in [0.15, 0.2) is 48.7 Å². The zero-order valence-electron chi connectivity index (χ0n) is 12.9. The largest absolute Gasteiger partial charge is 0.339 e. The van der Waals surface area contributed by atoms with Crippen molar-refractivity contribution in [1.82, 2.24) is 15.2 Å². The Morgan fingerprint density at radius 1 is 1.00 bits per heavy atom. The zero-order chi connectivity index (χ0) is 16.9.